The molecule has 1 aromatic carbocycles. The lowest BCUT2D eigenvalue weighted by Crippen LogP contribution is -2.32. The van der Waals surface area contributed by atoms with Gasteiger partial charge in [-0.2, -0.15) is 0 Å². The summed E-state index contributed by atoms with van der Waals surface area (Å²) < 4.78 is 7.06. The van der Waals surface area contributed by atoms with E-state index in [0.717, 1.165) is 18.5 Å². The van der Waals surface area contributed by atoms with Crippen molar-refractivity contribution in [1.29, 1.82) is 0 Å². The molecule has 0 spiro atoms. The third-order valence-corrected chi connectivity index (χ3v) is 4.03. The number of ether oxygens (including phenoxy) is 1. The van der Waals surface area contributed by atoms with Crippen LogP contribution < -0.4 is 5.32 Å². The number of carbonyl (C=O) groups is 1. The van der Waals surface area contributed by atoms with Gasteiger partial charge < -0.3 is 14.4 Å². The lowest BCUT2D eigenvalue weighted by molar-refractivity contribution is 0.0505. The van der Waals surface area contributed by atoms with Gasteiger partial charge in [-0.15, -0.1) is 0 Å². The van der Waals surface area contributed by atoms with E-state index in [2.05, 4.69) is 17.2 Å². The number of aryl methyl sites for hydroxylation is 1. The van der Waals surface area contributed by atoms with E-state index in [1.165, 1.54) is 0 Å². The fourth-order valence-electron chi connectivity index (χ4n) is 2.45. The number of imidazole rings is 1. The Labute approximate surface area is 148 Å². The molecule has 0 amide bonds. The van der Waals surface area contributed by atoms with Gasteiger partial charge in [0.25, 0.3) is 0 Å². The largest absolute Gasteiger partial charge is 0.462 e. The van der Waals surface area contributed by atoms with Crippen molar-refractivity contribution in [2.24, 2.45) is 0 Å². The number of esters is 1. The van der Waals surface area contributed by atoms with Gasteiger partial charge in [0.2, 0.25) is 0 Å². The van der Waals surface area contributed by atoms with E-state index in [1.54, 1.807) is 24.7 Å². The maximum atomic E-state index is 11.8. The summed E-state index contributed by atoms with van der Waals surface area (Å²) in [6, 6.07) is 7.46. The van der Waals surface area contributed by atoms with Crippen LogP contribution in [0.2, 0.25) is 0 Å². The molecule has 0 aliphatic rings. The van der Waals surface area contributed by atoms with E-state index < -0.39 is 6.23 Å². The Balaban J connectivity index is 1.76. The Bertz CT molecular complexity index is 626. The topological polar surface area (TPSA) is 76.4 Å². The predicted molar refractivity (Wildman–Crippen MR) is 96.3 cm³/mol. The maximum absolute atomic E-state index is 11.8. The average Bonchev–Trinajstić information content (AvgIpc) is 3.16. The van der Waals surface area contributed by atoms with Gasteiger partial charge in [-0.05, 0) is 30.0 Å². The fourth-order valence-corrected chi connectivity index (χ4v) is 2.45. The summed E-state index contributed by atoms with van der Waals surface area (Å²) in [6.45, 7) is 5.87. The second-order valence-electron chi connectivity index (χ2n) is 6.17. The molecule has 1 aromatic heterocycles. The van der Waals surface area contributed by atoms with Crippen LogP contribution >= 0.6 is 0 Å². The van der Waals surface area contributed by atoms with Crippen molar-refractivity contribution in [3.05, 3.63) is 54.1 Å². The highest BCUT2D eigenvalue weighted by Gasteiger charge is 2.11. The second-order valence-corrected chi connectivity index (χ2v) is 6.17. The van der Waals surface area contributed by atoms with E-state index in [9.17, 15) is 9.90 Å². The van der Waals surface area contributed by atoms with E-state index in [1.807, 2.05) is 29.8 Å². The van der Waals surface area contributed by atoms with Crippen LogP contribution in [0, 0.1) is 0 Å². The summed E-state index contributed by atoms with van der Waals surface area (Å²) in [5.41, 5.74) is 1.68. The molecule has 0 bridgehead atoms. The van der Waals surface area contributed by atoms with Gasteiger partial charge in [-0.3, -0.25) is 5.32 Å². The van der Waals surface area contributed by atoms with Crippen LogP contribution in [0.5, 0.6) is 0 Å². The molecule has 0 radical (unpaired) electrons. The first-order chi connectivity index (χ1) is 12.1. The maximum Gasteiger partial charge on any atom is 0.338 e. The van der Waals surface area contributed by atoms with Gasteiger partial charge in [-0.1, -0.05) is 26.0 Å². The Morgan fingerprint density at radius 1 is 1.36 bits per heavy atom. The Hall–Kier alpha value is -2.18. The zero-order valence-electron chi connectivity index (χ0n) is 14.9. The molecule has 136 valence electrons. The number of aliphatic hydroxyl groups excluding tert-OH is 1. The van der Waals surface area contributed by atoms with Crippen molar-refractivity contribution in [1.82, 2.24) is 14.9 Å². The Kier molecular flexibility index (Phi) is 7.63. The van der Waals surface area contributed by atoms with Crippen LogP contribution in [0.3, 0.4) is 0 Å². The van der Waals surface area contributed by atoms with E-state index in [0.29, 0.717) is 25.1 Å². The molecule has 2 unspecified atom stereocenters. The molecular formula is C19H27N3O3. The SMILES string of the molecule is CCCOC(=O)c1ccc(C(C)CNC(O)CCn2ccnc2)cc1. The summed E-state index contributed by atoms with van der Waals surface area (Å²) >= 11 is 0. The molecule has 2 aromatic rings. The minimum atomic E-state index is -0.562. The Morgan fingerprint density at radius 2 is 2.12 bits per heavy atom. The van der Waals surface area contributed by atoms with Crippen LogP contribution in [0.25, 0.3) is 0 Å². The first kappa shape index (κ1) is 19.1. The number of hydrogen-bond acceptors (Lipinski definition) is 5. The van der Waals surface area contributed by atoms with Crippen molar-refractivity contribution in [2.75, 3.05) is 13.2 Å². The molecule has 2 atom stereocenters. The minimum absolute atomic E-state index is 0.226. The van der Waals surface area contributed by atoms with Gasteiger partial charge in [0.05, 0.1) is 18.5 Å². The van der Waals surface area contributed by atoms with Crippen molar-refractivity contribution < 1.29 is 14.6 Å². The molecule has 0 aliphatic heterocycles. The number of hydrogen-bond donors (Lipinski definition) is 2. The van der Waals surface area contributed by atoms with Gasteiger partial charge in [0.15, 0.2) is 0 Å². The van der Waals surface area contributed by atoms with Crippen LogP contribution in [0.1, 0.15) is 48.5 Å². The van der Waals surface area contributed by atoms with Crippen molar-refractivity contribution >= 4 is 5.97 Å². The van der Waals surface area contributed by atoms with Gasteiger partial charge in [0, 0.05) is 31.9 Å². The highest BCUT2D eigenvalue weighted by molar-refractivity contribution is 5.89. The standard InChI is InChI=1S/C19H27N3O3/c1-3-12-25-19(24)17-6-4-16(5-7-17)15(2)13-21-18(23)8-10-22-11-9-20-14-22/h4-7,9,11,14-15,18,21,23H,3,8,10,12-13H2,1-2H3. The van der Waals surface area contributed by atoms with Gasteiger partial charge >= 0.3 is 5.97 Å². The molecule has 0 saturated heterocycles. The predicted octanol–water partition coefficient (Wildman–Crippen LogP) is 2.55. The lowest BCUT2D eigenvalue weighted by Gasteiger charge is -2.17. The number of aromatic nitrogens is 2. The van der Waals surface area contributed by atoms with Crippen LogP contribution in [0.4, 0.5) is 0 Å². The van der Waals surface area contributed by atoms with Crippen molar-refractivity contribution in [3.63, 3.8) is 0 Å². The quantitative estimate of drug-likeness (QED) is 0.511. The minimum Gasteiger partial charge on any atom is -0.462 e. The van der Waals surface area contributed by atoms with E-state index in [4.69, 9.17) is 4.74 Å². The monoisotopic (exact) mass is 345 g/mol. The molecule has 6 nitrogen and oxygen atoms in total. The summed E-state index contributed by atoms with van der Waals surface area (Å²) in [6.07, 6.45) is 6.21. The van der Waals surface area contributed by atoms with Crippen molar-refractivity contribution in [3.8, 4) is 0 Å². The summed E-state index contributed by atoms with van der Waals surface area (Å²) in [5, 5.41) is 13.2. The molecule has 2 N–H and O–H groups in total. The Morgan fingerprint density at radius 3 is 2.76 bits per heavy atom. The second kappa shape index (κ2) is 9.96. The average molecular weight is 345 g/mol. The van der Waals surface area contributed by atoms with E-state index >= 15 is 0 Å². The first-order valence-electron chi connectivity index (χ1n) is 8.74. The molecule has 0 aliphatic carbocycles. The van der Waals surface area contributed by atoms with Crippen LogP contribution in [0.15, 0.2) is 43.0 Å². The number of benzene rings is 1. The zero-order valence-corrected chi connectivity index (χ0v) is 14.9. The fraction of sp³-hybridized carbons (Fsp3) is 0.474. The molecule has 25 heavy (non-hydrogen) atoms. The number of rotatable bonds is 10. The van der Waals surface area contributed by atoms with E-state index in [-0.39, 0.29) is 11.9 Å². The molecule has 0 saturated carbocycles. The van der Waals surface area contributed by atoms with Crippen molar-refractivity contribution in [2.45, 2.75) is 45.4 Å². The van der Waals surface area contributed by atoms with Gasteiger partial charge in [0.1, 0.15) is 6.23 Å². The van der Waals surface area contributed by atoms with Gasteiger partial charge in [-0.25, -0.2) is 9.78 Å². The first-order valence-corrected chi connectivity index (χ1v) is 8.74. The van der Waals surface area contributed by atoms with Crippen LogP contribution in [-0.2, 0) is 11.3 Å². The summed E-state index contributed by atoms with van der Waals surface area (Å²) in [5.74, 6) is -0.0577. The smallest absolute Gasteiger partial charge is 0.338 e. The zero-order chi connectivity index (χ0) is 18.1. The highest BCUT2D eigenvalue weighted by atomic mass is 16.5. The number of nitrogens with zero attached hydrogens (tertiary/aromatic N) is 2. The van der Waals surface area contributed by atoms with Crippen LogP contribution in [-0.4, -0.2) is 40.0 Å². The lowest BCUT2D eigenvalue weighted by atomic mass is 9.99. The summed E-state index contributed by atoms with van der Waals surface area (Å²) in [4.78, 5) is 15.8. The molecule has 1 heterocycles. The number of carbonyl (C=O) groups excluding carboxylic acids is 1. The third-order valence-electron chi connectivity index (χ3n) is 4.03. The molecular weight excluding hydrogens is 318 g/mol. The molecule has 2 rings (SSSR count). The third kappa shape index (κ3) is 6.32. The molecule has 6 heteroatoms. The highest BCUT2D eigenvalue weighted by Crippen LogP contribution is 2.16. The number of nitrogens with one attached hydrogen (secondary N) is 1. The molecule has 0 fully saturated rings. The number of aliphatic hydroxyl groups is 1. The normalized spacial score (nSPS) is 13.4. The summed E-state index contributed by atoms with van der Waals surface area (Å²) in [7, 11) is 0.